The first-order valence-electron chi connectivity index (χ1n) is 9.76. The third kappa shape index (κ3) is 3.35. The minimum Gasteiger partial charge on any atom is -0.506 e. The normalized spacial score (nSPS) is 16.3. The number of phenolic OH excluding ortho intramolecular Hbond substituents is 1. The summed E-state index contributed by atoms with van der Waals surface area (Å²) in [5.41, 5.74) is 3.69. The van der Waals surface area contributed by atoms with Crippen molar-refractivity contribution >= 4 is 16.9 Å². The molecule has 0 spiro atoms. The van der Waals surface area contributed by atoms with E-state index < -0.39 is 0 Å². The minimum atomic E-state index is -0.0756. The Labute approximate surface area is 171 Å². The molecule has 1 aliphatic heterocycles. The Bertz CT molecular complexity index is 1100. The van der Waals surface area contributed by atoms with E-state index in [9.17, 15) is 5.11 Å². The molecule has 0 aliphatic carbocycles. The highest BCUT2D eigenvalue weighted by atomic mass is 16.5. The molecular formula is C24H27NO4. The lowest BCUT2D eigenvalue weighted by Gasteiger charge is -2.30. The molecule has 5 heteroatoms. The number of rotatable bonds is 3. The third-order valence-corrected chi connectivity index (χ3v) is 5.31. The number of phenols is 1. The Morgan fingerprint density at radius 1 is 1.07 bits per heavy atom. The van der Waals surface area contributed by atoms with Gasteiger partial charge in [-0.1, -0.05) is 34.6 Å². The monoisotopic (exact) mass is 393 g/mol. The van der Waals surface area contributed by atoms with Gasteiger partial charge >= 0.3 is 0 Å². The summed E-state index contributed by atoms with van der Waals surface area (Å²) >= 11 is 0. The van der Waals surface area contributed by atoms with Crippen molar-refractivity contribution in [3.8, 4) is 23.0 Å². The van der Waals surface area contributed by atoms with Crippen LogP contribution in [0.25, 0.3) is 28.3 Å². The molecule has 0 atom stereocenters. The van der Waals surface area contributed by atoms with Gasteiger partial charge in [0.05, 0.1) is 13.7 Å². The van der Waals surface area contributed by atoms with E-state index >= 15 is 0 Å². The molecule has 4 rings (SSSR count). The lowest BCUT2D eigenvalue weighted by molar-refractivity contribution is 0.213. The van der Waals surface area contributed by atoms with E-state index in [2.05, 4.69) is 39.6 Å². The van der Waals surface area contributed by atoms with Crippen LogP contribution < -0.4 is 4.74 Å². The predicted molar refractivity (Wildman–Crippen MR) is 114 cm³/mol. The Kier molecular flexibility index (Phi) is 4.37. The molecule has 2 heterocycles. The first kappa shape index (κ1) is 19.4. The fourth-order valence-corrected chi connectivity index (χ4v) is 4.29. The molecule has 152 valence electrons. The van der Waals surface area contributed by atoms with E-state index in [1.165, 1.54) is 5.57 Å². The van der Waals surface area contributed by atoms with Gasteiger partial charge in [0.25, 0.3) is 0 Å². The molecule has 0 amide bonds. The summed E-state index contributed by atoms with van der Waals surface area (Å²) in [6.45, 7) is 11.6. The summed E-state index contributed by atoms with van der Waals surface area (Å²) < 4.78 is 17.3. The topological polar surface area (TPSA) is 64.7 Å². The number of aromatic hydroxyl groups is 1. The van der Waals surface area contributed by atoms with Crippen LogP contribution in [0.2, 0.25) is 0 Å². The van der Waals surface area contributed by atoms with E-state index in [4.69, 9.17) is 13.9 Å². The van der Waals surface area contributed by atoms with Gasteiger partial charge in [-0.15, -0.1) is 0 Å². The zero-order valence-corrected chi connectivity index (χ0v) is 17.8. The van der Waals surface area contributed by atoms with E-state index in [0.717, 1.165) is 22.6 Å². The Morgan fingerprint density at radius 2 is 1.76 bits per heavy atom. The third-order valence-electron chi connectivity index (χ3n) is 5.31. The maximum Gasteiger partial charge on any atom is 0.227 e. The first-order valence-corrected chi connectivity index (χ1v) is 9.76. The van der Waals surface area contributed by atoms with Gasteiger partial charge in [0.15, 0.2) is 11.1 Å². The number of aromatic nitrogens is 1. The Hall–Kier alpha value is -2.95. The van der Waals surface area contributed by atoms with E-state index in [1.54, 1.807) is 13.2 Å². The van der Waals surface area contributed by atoms with Crippen LogP contribution in [-0.4, -0.2) is 23.8 Å². The van der Waals surface area contributed by atoms with Gasteiger partial charge in [-0.25, -0.2) is 4.98 Å². The van der Waals surface area contributed by atoms with Crippen LogP contribution in [0.3, 0.4) is 0 Å². The molecule has 0 fully saturated rings. The fraction of sp³-hybridized carbons (Fsp3) is 0.375. The second-order valence-corrected chi connectivity index (χ2v) is 9.22. The molecule has 5 nitrogen and oxygen atoms in total. The van der Waals surface area contributed by atoms with Crippen molar-refractivity contribution in [3.63, 3.8) is 0 Å². The van der Waals surface area contributed by atoms with Crippen LogP contribution in [0.4, 0.5) is 0 Å². The number of nitrogens with zero attached hydrogens (tertiary/aromatic N) is 1. The van der Waals surface area contributed by atoms with Crippen LogP contribution in [-0.2, 0) is 4.74 Å². The molecule has 1 aromatic heterocycles. The number of hydrogen-bond donors (Lipinski definition) is 1. The maximum atomic E-state index is 10.7. The van der Waals surface area contributed by atoms with Crippen molar-refractivity contribution in [1.29, 1.82) is 0 Å². The van der Waals surface area contributed by atoms with Crippen molar-refractivity contribution in [2.24, 2.45) is 10.8 Å². The lowest BCUT2D eigenvalue weighted by Crippen LogP contribution is -2.24. The zero-order valence-electron chi connectivity index (χ0n) is 17.8. The summed E-state index contributed by atoms with van der Waals surface area (Å²) in [4.78, 5) is 4.49. The number of benzene rings is 2. The molecule has 0 bridgehead atoms. The largest absolute Gasteiger partial charge is 0.506 e. The second kappa shape index (κ2) is 6.55. The number of methoxy groups -OCH3 is 1. The van der Waals surface area contributed by atoms with Crippen molar-refractivity contribution in [3.05, 3.63) is 47.5 Å². The number of oxazole rings is 1. The van der Waals surface area contributed by atoms with Crippen LogP contribution in [0, 0.1) is 10.8 Å². The smallest absolute Gasteiger partial charge is 0.227 e. The van der Waals surface area contributed by atoms with Gasteiger partial charge in [-0.05, 0) is 47.4 Å². The summed E-state index contributed by atoms with van der Waals surface area (Å²) in [6.07, 6.45) is 0. The summed E-state index contributed by atoms with van der Waals surface area (Å²) in [6, 6.07) is 11.1. The van der Waals surface area contributed by atoms with Gasteiger partial charge in [0.2, 0.25) is 5.89 Å². The maximum absolute atomic E-state index is 10.7. The number of ether oxygens (including phenoxy) is 2. The number of hydrogen-bond acceptors (Lipinski definition) is 5. The fourth-order valence-electron chi connectivity index (χ4n) is 4.29. The summed E-state index contributed by atoms with van der Waals surface area (Å²) in [7, 11) is 1.63. The van der Waals surface area contributed by atoms with Crippen molar-refractivity contribution < 1.29 is 19.0 Å². The lowest BCUT2D eigenvalue weighted by atomic mass is 9.71. The predicted octanol–water partition coefficient (Wildman–Crippen LogP) is 6.02. The molecular weight excluding hydrogens is 366 g/mol. The highest BCUT2D eigenvalue weighted by molar-refractivity contribution is 5.86. The average molecular weight is 393 g/mol. The highest BCUT2D eigenvalue weighted by Gasteiger charge is 2.41. The Balaban J connectivity index is 1.84. The summed E-state index contributed by atoms with van der Waals surface area (Å²) in [5.74, 6) is 2.11. The van der Waals surface area contributed by atoms with Gasteiger partial charge in [-0.2, -0.15) is 0 Å². The minimum absolute atomic E-state index is 0.0599. The van der Waals surface area contributed by atoms with Crippen LogP contribution in [0.1, 0.15) is 40.2 Å². The van der Waals surface area contributed by atoms with Crippen molar-refractivity contribution in [1.82, 2.24) is 4.98 Å². The van der Waals surface area contributed by atoms with Gasteiger partial charge in [0, 0.05) is 16.5 Å². The van der Waals surface area contributed by atoms with Crippen molar-refractivity contribution in [2.75, 3.05) is 13.7 Å². The molecule has 0 unspecified atom stereocenters. The second-order valence-electron chi connectivity index (χ2n) is 9.22. The molecule has 1 aliphatic rings. The Morgan fingerprint density at radius 3 is 2.38 bits per heavy atom. The van der Waals surface area contributed by atoms with Gasteiger partial charge in [-0.3, -0.25) is 0 Å². The highest BCUT2D eigenvalue weighted by Crippen LogP contribution is 2.50. The first-order chi connectivity index (χ1) is 13.6. The molecule has 0 saturated carbocycles. The average Bonchev–Trinajstić information content (AvgIpc) is 3.22. The van der Waals surface area contributed by atoms with Crippen molar-refractivity contribution in [2.45, 2.75) is 34.6 Å². The number of fused-ring (bicyclic) bond motifs is 1. The van der Waals surface area contributed by atoms with Gasteiger partial charge < -0.3 is 19.0 Å². The standard InChI is InChI=1S/C24H27NO4/c1-23(2,3)21-20(28-13-24(21,4)5)15-11-17(26)19-18(12-15)29-22(25-19)14-7-9-16(27-6)10-8-14/h7-12,26H,13H2,1-6H3. The molecule has 1 N–H and O–H groups in total. The summed E-state index contributed by atoms with van der Waals surface area (Å²) in [5, 5.41) is 10.7. The molecule has 29 heavy (non-hydrogen) atoms. The molecule has 3 aromatic rings. The van der Waals surface area contributed by atoms with E-state index in [0.29, 0.717) is 23.6 Å². The molecule has 2 aromatic carbocycles. The van der Waals surface area contributed by atoms with Crippen LogP contribution in [0.15, 0.2) is 46.4 Å². The van der Waals surface area contributed by atoms with E-state index in [1.807, 2.05) is 30.3 Å². The van der Waals surface area contributed by atoms with Crippen LogP contribution >= 0.6 is 0 Å². The SMILES string of the molecule is COc1ccc(-c2nc3c(O)cc(C4=C(C(C)(C)C)C(C)(C)CO4)cc3o2)cc1. The molecule has 0 saturated heterocycles. The molecule has 0 radical (unpaired) electrons. The van der Waals surface area contributed by atoms with Gasteiger partial charge in [0.1, 0.15) is 17.3 Å². The van der Waals surface area contributed by atoms with E-state index in [-0.39, 0.29) is 16.6 Å². The van der Waals surface area contributed by atoms with Crippen LogP contribution in [0.5, 0.6) is 11.5 Å². The quantitative estimate of drug-likeness (QED) is 0.589. The zero-order chi connectivity index (χ0) is 21.0.